The Morgan fingerprint density at radius 2 is 2.15 bits per heavy atom. The molecule has 0 aliphatic heterocycles. The summed E-state index contributed by atoms with van der Waals surface area (Å²) in [7, 11) is 0. The maximum atomic E-state index is 11.0. The van der Waals surface area contributed by atoms with E-state index in [-0.39, 0.29) is 0 Å². The summed E-state index contributed by atoms with van der Waals surface area (Å²) in [5.41, 5.74) is 1.25. The van der Waals surface area contributed by atoms with E-state index in [0.717, 1.165) is 25.9 Å². The number of ketones is 1. The fourth-order valence-electron chi connectivity index (χ4n) is 1.68. The molecule has 0 radical (unpaired) electrons. The van der Waals surface area contributed by atoms with Crippen molar-refractivity contribution in [1.82, 2.24) is 4.90 Å². The van der Waals surface area contributed by atoms with Gasteiger partial charge in [-0.3, -0.25) is 4.79 Å². The number of hydrogen-bond acceptors (Lipinski definition) is 2. The molecule has 0 amide bonds. The Morgan fingerprint density at radius 1 is 1.38 bits per heavy atom. The second-order valence-electron chi connectivity index (χ2n) is 3.54. The molecule has 0 saturated heterocycles. The van der Waals surface area contributed by atoms with Crippen LogP contribution in [0.4, 0.5) is 0 Å². The first kappa shape index (κ1) is 10.3. The van der Waals surface area contributed by atoms with Gasteiger partial charge in [0, 0.05) is 31.3 Å². The van der Waals surface area contributed by atoms with Crippen molar-refractivity contribution in [3.63, 3.8) is 0 Å². The second kappa shape index (κ2) is 5.05. The monoisotopic (exact) mass is 181 g/mol. The molecular weight excluding hydrogens is 162 g/mol. The Bertz CT molecular complexity index is 208. The molecule has 0 N–H and O–H groups in total. The predicted octanol–water partition coefficient (Wildman–Crippen LogP) is 2.36. The fraction of sp³-hybridized carbons (Fsp3) is 0.727. The highest BCUT2D eigenvalue weighted by molar-refractivity contribution is 5.92. The SMILES string of the molecule is CCCCN(CC)C1=CC(=O)CC1. The Morgan fingerprint density at radius 3 is 2.62 bits per heavy atom. The lowest BCUT2D eigenvalue weighted by molar-refractivity contribution is -0.114. The Hall–Kier alpha value is -0.790. The zero-order chi connectivity index (χ0) is 9.68. The maximum Gasteiger partial charge on any atom is 0.157 e. The minimum Gasteiger partial charge on any atom is -0.375 e. The molecule has 13 heavy (non-hydrogen) atoms. The van der Waals surface area contributed by atoms with Crippen molar-refractivity contribution >= 4 is 5.78 Å². The summed E-state index contributed by atoms with van der Waals surface area (Å²) in [6.45, 7) is 6.48. The van der Waals surface area contributed by atoms with E-state index in [1.165, 1.54) is 18.5 Å². The van der Waals surface area contributed by atoms with Crippen LogP contribution in [-0.4, -0.2) is 23.8 Å². The van der Waals surface area contributed by atoms with Gasteiger partial charge in [0.05, 0.1) is 0 Å². The lowest BCUT2D eigenvalue weighted by atomic mass is 10.2. The minimum atomic E-state index is 0.296. The van der Waals surface area contributed by atoms with Crippen LogP contribution in [0.15, 0.2) is 11.8 Å². The molecular formula is C11H19NO. The topological polar surface area (TPSA) is 20.3 Å². The Labute approximate surface area is 80.6 Å². The molecule has 74 valence electrons. The molecule has 0 heterocycles. The zero-order valence-electron chi connectivity index (χ0n) is 8.68. The van der Waals surface area contributed by atoms with Crippen LogP contribution in [0.2, 0.25) is 0 Å². The van der Waals surface area contributed by atoms with Crippen molar-refractivity contribution in [2.75, 3.05) is 13.1 Å². The van der Waals surface area contributed by atoms with Crippen molar-refractivity contribution < 1.29 is 4.79 Å². The van der Waals surface area contributed by atoms with E-state index >= 15 is 0 Å². The van der Waals surface area contributed by atoms with Gasteiger partial charge in [0.25, 0.3) is 0 Å². The number of carbonyl (C=O) groups excluding carboxylic acids is 1. The molecule has 0 fully saturated rings. The van der Waals surface area contributed by atoms with Crippen molar-refractivity contribution in [1.29, 1.82) is 0 Å². The first-order chi connectivity index (χ1) is 6.27. The maximum absolute atomic E-state index is 11.0. The van der Waals surface area contributed by atoms with E-state index in [4.69, 9.17) is 0 Å². The van der Waals surface area contributed by atoms with Crippen LogP contribution in [0.25, 0.3) is 0 Å². The van der Waals surface area contributed by atoms with Gasteiger partial charge in [0.15, 0.2) is 5.78 Å². The van der Waals surface area contributed by atoms with Crippen LogP contribution in [0.1, 0.15) is 39.5 Å². The summed E-state index contributed by atoms with van der Waals surface area (Å²) in [5.74, 6) is 0.296. The predicted molar refractivity (Wildman–Crippen MR) is 54.5 cm³/mol. The molecule has 0 aromatic rings. The minimum absolute atomic E-state index is 0.296. The van der Waals surface area contributed by atoms with Gasteiger partial charge in [-0.1, -0.05) is 13.3 Å². The number of hydrogen-bond donors (Lipinski definition) is 0. The summed E-state index contributed by atoms with van der Waals surface area (Å²) in [5, 5.41) is 0. The molecule has 0 bridgehead atoms. The third kappa shape index (κ3) is 2.87. The smallest absolute Gasteiger partial charge is 0.157 e. The standard InChI is InChI=1S/C11H19NO/c1-3-5-8-12(4-2)10-6-7-11(13)9-10/h9H,3-8H2,1-2H3. The van der Waals surface area contributed by atoms with Crippen molar-refractivity contribution in [2.24, 2.45) is 0 Å². The van der Waals surface area contributed by atoms with Gasteiger partial charge in [-0.25, -0.2) is 0 Å². The summed E-state index contributed by atoms with van der Waals surface area (Å²) in [6.07, 6.45) is 5.94. The summed E-state index contributed by atoms with van der Waals surface area (Å²) in [6, 6.07) is 0. The van der Waals surface area contributed by atoms with E-state index in [1.54, 1.807) is 0 Å². The molecule has 0 atom stereocenters. The van der Waals surface area contributed by atoms with E-state index in [2.05, 4.69) is 18.7 Å². The van der Waals surface area contributed by atoms with Crippen molar-refractivity contribution in [3.05, 3.63) is 11.8 Å². The Balaban J connectivity index is 2.46. The summed E-state index contributed by atoms with van der Waals surface area (Å²) >= 11 is 0. The van der Waals surface area contributed by atoms with Crippen LogP contribution < -0.4 is 0 Å². The lowest BCUT2D eigenvalue weighted by Gasteiger charge is -2.23. The first-order valence-corrected chi connectivity index (χ1v) is 5.26. The normalized spacial score (nSPS) is 16.2. The van der Waals surface area contributed by atoms with Gasteiger partial charge < -0.3 is 4.90 Å². The molecule has 1 rings (SSSR count). The van der Waals surface area contributed by atoms with Gasteiger partial charge in [0.2, 0.25) is 0 Å². The van der Waals surface area contributed by atoms with E-state index in [9.17, 15) is 4.79 Å². The van der Waals surface area contributed by atoms with E-state index in [0.29, 0.717) is 5.78 Å². The summed E-state index contributed by atoms with van der Waals surface area (Å²) in [4.78, 5) is 13.4. The van der Waals surface area contributed by atoms with Gasteiger partial charge in [-0.15, -0.1) is 0 Å². The van der Waals surface area contributed by atoms with Gasteiger partial charge in [-0.2, -0.15) is 0 Å². The molecule has 2 heteroatoms. The zero-order valence-corrected chi connectivity index (χ0v) is 8.68. The highest BCUT2D eigenvalue weighted by Crippen LogP contribution is 2.19. The molecule has 0 spiro atoms. The van der Waals surface area contributed by atoms with Crippen LogP contribution in [-0.2, 0) is 4.79 Å². The van der Waals surface area contributed by atoms with Gasteiger partial charge in [-0.05, 0) is 19.8 Å². The van der Waals surface area contributed by atoms with Crippen LogP contribution in [0.5, 0.6) is 0 Å². The fourth-order valence-corrected chi connectivity index (χ4v) is 1.68. The van der Waals surface area contributed by atoms with Crippen molar-refractivity contribution in [2.45, 2.75) is 39.5 Å². The summed E-state index contributed by atoms with van der Waals surface area (Å²) < 4.78 is 0. The molecule has 1 aliphatic carbocycles. The third-order valence-corrected chi connectivity index (χ3v) is 2.52. The van der Waals surface area contributed by atoms with Crippen molar-refractivity contribution in [3.8, 4) is 0 Å². The van der Waals surface area contributed by atoms with Crippen LogP contribution in [0, 0.1) is 0 Å². The largest absolute Gasteiger partial charge is 0.375 e. The molecule has 0 aromatic carbocycles. The average molecular weight is 181 g/mol. The molecule has 0 aromatic heterocycles. The second-order valence-corrected chi connectivity index (χ2v) is 3.54. The highest BCUT2D eigenvalue weighted by atomic mass is 16.1. The average Bonchev–Trinajstić information content (AvgIpc) is 2.54. The van der Waals surface area contributed by atoms with Crippen LogP contribution in [0.3, 0.4) is 0 Å². The number of rotatable bonds is 5. The van der Waals surface area contributed by atoms with E-state index < -0.39 is 0 Å². The Kier molecular flexibility index (Phi) is 4.00. The number of unbranched alkanes of at least 4 members (excludes halogenated alkanes) is 1. The lowest BCUT2D eigenvalue weighted by Crippen LogP contribution is -2.22. The van der Waals surface area contributed by atoms with Gasteiger partial charge >= 0.3 is 0 Å². The van der Waals surface area contributed by atoms with Crippen LogP contribution >= 0.6 is 0 Å². The van der Waals surface area contributed by atoms with E-state index in [1.807, 2.05) is 6.08 Å². The van der Waals surface area contributed by atoms with Gasteiger partial charge in [0.1, 0.15) is 0 Å². The first-order valence-electron chi connectivity index (χ1n) is 5.26. The number of nitrogens with zero attached hydrogens (tertiary/aromatic N) is 1. The highest BCUT2D eigenvalue weighted by Gasteiger charge is 2.15. The quantitative estimate of drug-likeness (QED) is 0.649. The third-order valence-electron chi connectivity index (χ3n) is 2.52. The molecule has 1 aliphatic rings. The number of carbonyl (C=O) groups is 1. The molecule has 0 saturated carbocycles. The molecule has 0 unspecified atom stereocenters. The number of allylic oxidation sites excluding steroid dienone is 2. The molecule has 2 nitrogen and oxygen atoms in total.